The maximum Gasteiger partial charge on any atom is 0.255 e. The van der Waals surface area contributed by atoms with E-state index in [2.05, 4.69) is 5.32 Å². The van der Waals surface area contributed by atoms with Crippen molar-refractivity contribution >= 4 is 33.2 Å². The van der Waals surface area contributed by atoms with Crippen molar-refractivity contribution in [1.82, 2.24) is 0 Å². The molecule has 3 rings (SSSR count). The molecule has 0 bridgehead atoms. The van der Waals surface area contributed by atoms with Gasteiger partial charge >= 0.3 is 0 Å². The summed E-state index contributed by atoms with van der Waals surface area (Å²) in [4.78, 5) is 24.0. The fourth-order valence-electron chi connectivity index (χ4n) is 2.92. The number of anilines is 2. The van der Waals surface area contributed by atoms with Crippen LogP contribution in [0.3, 0.4) is 0 Å². The highest BCUT2D eigenvalue weighted by Crippen LogP contribution is 2.21. The summed E-state index contributed by atoms with van der Waals surface area (Å²) in [5, 5.41) is 2.67. The summed E-state index contributed by atoms with van der Waals surface area (Å²) in [6.07, 6.45) is 1.15. The van der Waals surface area contributed by atoms with Crippen LogP contribution in [-0.2, 0) is 16.6 Å². The van der Waals surface area contributed by atoms with Crippen LogP contribution < -0.4 is 15.4 Å². The van der Waals surface area contributed by atoms with Crippen LogP contribution in [0.25, 0.3) is 0 Å². The second-order valence-corrected chi connectivity index (χ2v) is 8.57. The maximum absolute atomic E-state index is 12.5. The van der Waals surface area contributed by atoms with Gasteiger partial charge in [-0.1, -0.05) is 42.5 Å². The summed E-state index contributed by atoms with van der Waals surface area (Å²) < 4.78 is 25.7. The Bertz CT molecular complexity index is 1160. The van der Waals surface area contributed by atoms with E-state index in [0.717, 1.165) is 11.8 Å². The van der Waals surface area contributed by atoms with Gasteiger partial charge in [-0.15, -0.1) is 0 Å². The number of sulfonamides is 1. The van der Waals surface area contributed by atoms with Gasteiger partial charge in [0.2, 0.25) is 10.0 Å². The van der Waals surface area contributed by atoms with E-state index >= 15 is 0 Å². The van der Waals surface area contributed by atoms with E-state index in [9.17, 15) is 18.0 Å². The van der Waals surface area contributed by atoms with Gasteiger partial charge in [0.25, 0.3) is 11.8 Å². The van der Waals surface area contributed by atoms with Crippen molar-refractivity contribution < 1.29 is 18.0 Å². The fourth-order valence-corrected chi connectivity index (χ4v) is 3.81. The third kappa shape index (κ3) is 5.03. The van der Waals surface area contributed by atoms with Crippen LogP contribution in [0.1, 0.15) is 26.3 Å². The molecule has 8 heteroatoms. The number of carbonyl (C=O) groups excluding carboxylic acids is 2. The number of nitrogens with zero attached hydrogens (tertiary/aromatic N) is 1. The van der Waals surface area contributed by atoms with Crippen molar-refractivity contribution in [3.63, 3.8) is 0 Å². The molecular formula is C22H21N3O4S. The normalized spacial score (nSPS) is 11.0. The number of rotatable bonds is 7. The molecular weight excluding hydrogens is 402 g/mol. The molecule has 0 spiro atoms. The minimum absolute atomic E-state index is 0.134. The predicted molar refractivity (Wildman–Crippen MR) is 117 cm³/mol. The largest absolute Gasteiger partial charge is 0.366 e. The van der Waals surface area contributed by atoms with Gasteiger partial charge < -0.3 is 11.1 Å². The Labute approximate surface area is 175 Å². The zero-order chi connectivity index (χ0) is 21.7. The molecule has 3 aromatic rings. The van der Waals surface area contributed by atoms with E-state index in [1.165, 1.54) is 10.4 Å². The van der Waals surface area contributed by atoms with Gasteiger partial charge in [-0.25, -0.2) is 8.42 Å². The molecule has 2 amide bonds. The summed E-state index contributed by atoms with van der Waals surface area (Å²) in [6, 6.07) is 21.8. The molecule has 0 aromatic heterocycles. The number of hydrogen-bond acceptors (Lipinski definition) is 4. The fraction of sp³-hybridized carbons (Fsp3) is 0.0909. The minimum Gasteiger partial charge on any atom is -0.366 e. The SMILES string of the molecule is CS(=O)(=O)N(Cc1ccc(C(=O)Nc2ccccc2C(N)=O)cc1)c1ccccc1. The lowest BCUT2D eigenvalue weighted by atomic mass is 10.1. The molecule has 0 aliphatic heterocycles. The quantitative estimate of drug-likeness (QED) is 0.609. The molecule has 0 fully saturated rings. The van der Waals surface area contributed by atoms with Crippen LogP contribution in [0, 0.1) is 0 Å². The number of para-hydroxylation sites is 2. The smallest absolute Gasteiger partial charge is 0.255 e. The van der Waals surface area contributed by atoms with Gasteiger partial charge in [-0.3, -0.25) is 13.9 Å². The van der Waals surface area contributed by atoms with Gasteiger partial charge in [0, 0.05) is 5.56 Å². The molecule has 0 heterocycles. The van der Waals surface area contributed by atoms with E-state index in [1.807, 2.05) is 6.07 Å². The topological polar surface area (TPSA) is 110 Å². The average Bonchev–Trinajstić information content (AvgIpc) is 2.72. The Kier molecular flexibility index (Phi) is 6.17. The number of carbonyl (C=O) groups is 2. The Morgan fingerprint density at radius 2 is 1.50 bits per heavy atom. The van der Waals surface area contributed by atoms with Crippen LogP contribution in [0.5, 0.6) is 0 Å². The van der Waals surface area contributed by atoms with Crippen LogP contribution in [-0.4, -0.2) is 26.5 Å². The molecule has 0 aliphatic rings. The molecule has 0 saturated carbocycles. The number of hydrogen-bond donors (Lipinski definition) is 2. The Morgan fingerprint density at radius 3 is 2.10 bits per heavy atom. The van der Waals surface area contributed by atoms with Gasteiger partial charge in [0.05, 0.1) is 29.7 Å². The first-order chi connectivity index (χ1) is 14.3. The van der Waals surface area contributed by atoms with Crippen molar-refractivity contribution in [3.05, 3.63) is 95.6 Å². The van der Waals surface area contributed by atoms with E-state index in [4.69, 9.17) is 5.73 Å². The molecule has 0 unspecified atom stereocenters. The summed E-state index contributed by atoms with van der Waals surface area (Å²) in [5.74, 6) is -1.04. The summed E-state index contributed by atoms with van der Waals surface area (Å²) in [6.45, 7) is 0.134. The van der Waals surface area contributed by atoms with Crippen LogP contribution in [0.15, 0.2) is 78.9 Å². The highest BCUT2D eigenvalue weighted by Gasteiger charge is 2.18. The third-order valence-electron chi connectivity index (χ3n) is 4.43. The Hall–Kier alpha value is -3.65. The Balaban J connectivity index is 1.78. The van der Waals surface area contributed by atoms with Crippen LogP contribution in [0.2, 0.25) is 0 Å². The first-order valence-electron chi connectivity index (χ1n) is 9.07. The average molecular weight is 423 g/mol. The van der Waals surface area contributed by atoms with Crippen molar-refractivity contribution in [1.29, 1.82) is 0 Å². The standard InChI is InChI=1S/C22H21N3O4S/c1-30(28,29)25(18-7-3-2-4-8-18)15-16-11-13-17(14-12-16)22(27)24-20-10-6-5-9-19(20)21(23)26/h2-14H,15H2,1H3,(H2,23,26)(H,24,27). The lowest BCUT2D eigenvalue weighted by Gasteiger charge is -2.22. The number of benzene rings is 3. The predicted octanol–water partition coefficient (Wildman–Crippen LogP) is 3.00. The first-order valence-corrected chi connectivity index (χ1v) is 10.9. The number of nitrogens with two attached hydrogens (primary N) is 1. The summed E-state index contributed by atoms with van der Waals surface area (Å²) in [5.41, 5.74) is 7.52. The molecule has 3 N–H and O–H groups in total. The lowest BCUT2D eigenvalue weighted by molar-refractivity contribution is 0.100. The van der Waals surface area contributed by atoms with Crippen LogP contribution in [0.4, 0.5) is 11.4 Å². The van der Waals surface area contributed by atoms with E-state index in [0.29, 0.717) is 16.9 Å². The molecule has 30 heavy (non-hydrogen) atoms. The summed E-state index contributed by atoms with van der Waals surface area (Å²) in [7, 11) is -3.49. The van der Waals surface area contributed by atoms with E-state index in [1.54, 1.807) is 66.7 Å². The first kappa shape index (κ1) is 21.1. The molecule has 7 nitrogen and oxygen atoms in total. The van der Waals surface area contributed by atoms with Gasteiger partial charge in [-0.2, -0.15) is 0 Å². The summed E-state index contributed by atoms with van der Waals surface area (Å²) >= 11 is 0. The third-order valence-corrected chi connectivity index (χ3v) is 5.57. The number of primary amides is 1. The monoisotopic (exact) mass is 423 g/mol. The second kappa shape index (κ2) is 8.79. The highest BCUT2D eigenvalue weighted by molar-refractivity contribution is 7.92. The lowest BCUT2D eigenvalue weighted by Crippen LogP contribution is -2.29. The van der Waals surface area contributed by atoms with E-state index in [-0.39, 0.29) is 12.1 Å². The van der Waals surface area contributed by atoms with Crippen molar-refractivity contribution in [2.45, 2.75) is 6.54 Å². The van der Waals surface area contributed by atoms with Crippen molar-refractivity contribution in [3.8, 4) is 0 Å². The number of amides is 2. The van der Waals surface area contributed by atoms with Gasteiger partial charge in [-0.05, 0) is 42.0 Å². The minimum atomic E-state index is -3.49. The molecule has 0 atom stereocenters. The molecule has 0 saturated heterocycles. The number of nitrogens with one attached hydrogen (secondary N) is 1. The highest BCUT2D eigenvalue weighted by atomic mass is 32.2. The van der Waals surface area contributed by atoms with Crippen molar-refractivity contribution in [2.24, 2.45) is 5.73 Å². The second-order valence-electron chi connectivity index (χ2n) is 6.67. The molecule has 3 aromatic carbocycles. The van der Waals surface area contributed by atoms with Crippen molar-refractivity contribution in [2.75, 3.05) is 15.9 Å². The molecule has 0 radical (unpaired) electrons. The zero-order valence-electron chi connectivity index (χ0n) is 16.3. The van der Waals surface area contributed by atoms with E-state index < -0.39 is 21.8 Å². The molecule has 154 valence electrons. The van der Waals surface area contributed by atoms with Gasteiger partial charge in [0.15, 0.2) is 0 Å². The van der Waals surface area contributed by atoms with Crippen LogP contribution >= 0.6 is 0 Å². The Morgan fingerprint density at radius 1 is 0.900 bits per heavy atom. The molecule has 0 aliphatic carbocycles. The zero-order valence-corrected chi connectivity index (χ0v) is 17.1. The maximum atomic E-state index is 12.5. The van der Waals surface area contributed by atoms with Gasteiger partial charge in [0.1, 0.15) is 0 Å².